The topological polar surface area (TPSA) is 104 Å². The van der Waals surface area contributed by atoms with Crippen LogP contribution in [0.15, 0.2) is 72.8 Å². The molecule has 0 spiro atoms. The molecule has 7 heteroatoms. The smallest absolute Gasteiger partial charge is 0.336 e. The second-order valence-electron chi connectivity index (χ2n) is 8.17. The molecule has 1 heterocycles. The number of carbonyl (C=O) groups is 2. The highest BCUT2D eigenvalue weighted by molar-refractivity contribution is 6.18. The normalized spacial score (nSPS) is 11.6. The molecule has 0 bridgehead atoms. The van der Waals surface area contributed by atoms with Gasteiger partial charge in [-0.25, -0.2) is 19.6 Å². The highest BCUT2D eigenvalue weighted by Gasteiger charge is 2.27. The number of para-hydroxylation sites is 1. The summed E-state index contributed by atoms with van der Waals surface area (Å²) in [6.45, 7) is 0. The van der Waals surface area contributed by atoms with Gasteiger partial charge in [-0.15, -0.1) is 0 Å². The molecule has 5 aromatic rings. The first-order chi connectivity index (χ1) is 16.4. The van der Waals surface area contributed by atoms with Gasteiger partial charge in [-0.05, 0) is 36.4 Å². The zero-order valence-corrected chi connectivity index (χ0v) is 18.0. The van der Waals surface area contributed by atoms with E-state index in [-0.39, 0.29) is 11.1 Å². The van der Waals surface area contributed by atoms with E-state index in [2.05, 4.69) is 11.0 Å². The number of fused-ring (bicyclic) bond motifs is 4. The van der Waals surface area contributed by atoms with Crippen LogP contribution < -0.4 is 4.90 Å². The van der Waals surface area contributed by atoms with Crippen molar-refractivity contribution < 1.29 is 19.8 Å². The first-order valence-electron chi connectivity index (χ1n) is 10.6. The number of hydrogen-bond acceptors (Lipinski definition) is 5. The number of nitrogens with zero attached hydrogens (tertiary/aromatic N) is 3. The van der Waals surface area contributed by atoms with Crippen molar-refractivity contribution in [1.29, 1.82) is 0 Å². The van der Waals surface area contributed by atoms with Gasteiger partial charge in [0.05, 0.1) is 33.5 Å². The maximum Gasteiger partial charge on any atom is 0.336 e. The van der Waals surface area contributed by atoms with E-state index in [1.807, 2.05) is 61.6 Å². The Morgan fingerprint density at radius 2 is 1.32 bits per heavy atom. The minimum Gasteiger partial charge on any atom is -0.478 e. The highest BCUT2D eigenvalue weighted by atomic mass is 16.4. The average Bonchev–Trinajstić information content (AvgIpc) is 3.16. The van der Waals surface area contributed by atoms with Crippen molar-refractivity contribution in [2.24, 2.45) is 0 Å². The predicted octanol–water partition coefficient (Wildman–Crippen LogP) is 5.59. The summed E-state index contributed by atoms with van der Waals surface area (Å²) >= 11 is 0. The molecule has 0 aliphatic heterocycles. The molecule has 164 valence electrons. The van der Waals surface area contributed by atoms with Crippen molar-refractivity contribution in [2.45, 2.75) is 0 Å². The van der Waals surface area contributed by atoms with Crippen molar-refractivity contribution in [3.05, 3.63) is 83.9 Å². The van der Waals surface area contributed by atoms with Crippen LogP contribution in [0.2, 0.25) is 0 Å². The van der Waals surface area contributed by atoms with Crippen LogP contribution in [-0.4, -0.2) is 39.2 Å². The van der Waals surface area contributed by atoms with Gasteiger partial charge < -0.3 is 15.1 Å². The van der Waals surface area contributed by atoms with E-state index in [4.69, 9.17) is 9.97 Å². The third kappa shape index (κ3) is 2.77. The summed E-state index contributed by atoms with van der Waals surface area (Å²) in [5.41, 5.74) is 5.30. The number of carboxylic acids is 2. The Labute approximate surface area is 193 Å². The van der Waals surface area contributed by atoms with E-state index >= 15 is 0 Å². The molecule has 0 saturated carbocycles. The molecule has 0 unspecified atom stereocenters. The molecular weight excluding hydrogens is 430 g/mol. The highest BCUT2D eigenvalue weighted by Crippen LogP contribution is 2.48. The number of rotatable bonds is 4. The number of aromatic carboxylic acids is 2. The number of aromatic nitrogens is 2. The summed E-state index contributed by atoms with van der Waals surface area (Å²) in [6, 6.07) is 22.7. The summed E-state index contributed by atoms with van der Waals surface area (Å²) in [6.07, 6.45) is 0. The Morgan fingerprint density at radius 3 is 1.91 bits per heavy atom. The van der Waals surface area contributed by atoms with Crippen LogP contribution in [0, 0.1) is 0 Å². The van der Waals surface area contributed by atoms with Crippen molar-refractivity contribution in [3.8, 4) is 22.5 Å². The maximum atomic E-state index is 11.6. The van der Waals surface area contributed by atoms with Gasteiger partial charge in [0.15, 0.2) is 0 Å². The lowest BCUT2D eigenvalue weighted by molar-refractivity contribution is 0.0652. The number of carboxylic acid groups (broad SMARTS) is 2. The quantitative estimate of drug-likeness (QED) is 0.363. The van der Waals surface area contributed by atoms with E-state index in [1.54, 1.807) is 0 Å². The number of hydrogen-bond donors (Lipinski definition) is 2. The van der Waals surface area contributed by atoms with E-state index < -0.39 is 11.9 Å². The van der Waals surface area contributed by atoms with Gasteiger partial charge in [0, 0.05) is 40.3 Å². The van der Waals surface area contributed by atoms with Crippen LogP contribution in [0.3, 0.4) is 0 Å². The Bertz CT molecular complexity index is 1610. The lowest BCUT2D eigenvalue weighted by Gasteiger charge is -2.22. The first-order valence-corrected chi connectivity index (χ1v) is 10.6. The molecule has 4 aromatic carbocycles. The monoisotopic (exact) mass is 447 g/mol. The molecular formula is C27H17N3O4. The van der Waals surface area contributed by atoms with Crippen LogP contribution in [-0.2, 0) is 0 Å². The number of anilines is 2. The van der Waals surface area contributed by atoms with Gasteiger partial charge in [-0.2, -0.15) is 0 Å². The standard InChI is InChI=1S/C27H17N3O4/c1-30(14-6-3-2-4-7-14)22-11-10-17-23-15(22)8-5-9-16(23)24-25(17)29-21-13-19(27(33)34)18(26(31)32)12-20(21)28-24/h2-13H,1H3,(H,31,32)(H,33,34). The van der Waals surface area contributed by atoms with Gasteiger partial charge in [0.1, 0.15) is 0 Å². The molecule has 1 aliphatic carbocycles. The number of benzene rings is 4. The van der Waals surface area contributed by atoms with Crippen LogP contribution in [0.4, 0.5) is 11.4 Å². The predicted molar refractivity (Wildman–Crippen MR) is 130 cm³/mol. The molecule has 0 fully saturated rings. The minimum absolute atomic E-state index is 0.310. The summed E-state index contributed by atoms with van der Waals surface area (Å²) < 4.78 is 0. The van der Waals surface area contributed by atoms with Crippen molar-refractivity contribution >= 4 is 45.1 Å². The fourth-order valence-electron chi connectivity index (χ4n) is 4.70. The van der Waals surface area contributed by atoms with Gasteiger partial charge >= 0.3 is 11.9 Å². The van der Waals surface area contributed by atoms with Gasteiger partial charge in [-0.3, -0.25) is 0 Å². The van der Waals surface area contributed by atoms with E-state index in [0.29, 0.717) is 22.4 Å². The third-order valence-corrected chi connectivity index (χ3v) is 6.30. The minimum atomic E-state index is -1.32. The van der Waals surface area contributed by atoms with Crippen LogP contribution in [0.25, 0.3) is 44.3 Å². The van der Waals surface area contributed by atoms with Gasteiger partial charge in [0.2, 0.25) is 0 Å². The zero-order valence-electron chi connectivity index (χ0n) is 18.0. The van der Waals surface area contributed by atoms with Crippen molar-refractivity contribution in [3.63, 3.8) is 0 Å². The largest absolute Gasteiger partial charge is 0.478 e. The Kier molecular flexibility index (Phi) is 4.16. The third-order valence-electron chi connectivity index (χ3n) is 6.30. The molecule has 0 atom stereocenters. The van der Waals surface area contributed by atoms with Crippen molar-refractivity contribution in [1.82, 2.24) is 9.97 Å². The molecule has 1 aliphatic rings. The SMILES string of the molecule is CN(c1ccccc1)c1ccc2c3c(cccc13)-c1nc3cc(C(=O)O)c(C(=O)O)cc3nc1-2. The van der Waals surface area contributed by atoms with Crippen LogP contribution in [0.1, 0.15) is 20.7 Å². The maximum absolute atomic E-state index is 11.6. The molecule has 0 saturated heterocycles. The van der Waals surface area contributed by atoms with Gasteiger partial charge in [-0.1, -0.05) is 36.4 Å². The average molecular weight is 447 g/mol. The molecule has 0 radical (unpaired) electrons. The Balaban J connectivity index is 1.60. The lowest BCUT2D eigenvalue weighted by Crippen LogP contribution is -2.09. The fraction of sp³-hybridized carbons (Fsp3) is 0.0370. The van der Waals surface area contributed by atoms with E-state index in [0.717, 1.165) is 33.3 Å². The van der Waals surface area contributed by atoms with Crippen LogP contribution in [0.5, 0.6) is 0 Å². The summed E-state index contributed by atoms with van der Waals surface area (Å²) in [7, 11) is 2.02. The lowest BCUT2D eigenvalue weighted by atomic mass is 10.0. The molecule has 0 amide bonds. The molecule has 7 nitrogen and oxygen atoms in total. The molecule has 2 N–H and O–H groups in total. The van der Waals surface area contributed by atoms with E-state index in [1.165, 1.54) is 12.1 Å². The summed E-state index contributed by atoms with van der Waals surface area (Å²) in [5, 5.41) is 21.0. The second-order valence-corrected chi connectivity index (χ2v) is 8.17. The Morgan fingerprint density at radius 1 is 0.735 bits per heavy atom. The van der Waals surface area contributed by atoms with Crippen LogP contribution >= 0.6 is 0 Å². The molecule has 1 aromatic heterocycles. The summed E-state index contributed by atoms with van der Waals surface area (Å²) in [5.74, 6) is -2.64. The second kappa shape index (κ2) is 7.11. The molecule has 34 heavy (non-hydrogen) atoms. The van der Waals surface area contributed by atoms with E-state index in [9.17, 15) is 19.8 Å². The molecule has 6 rings (SSSR count). The zero-order chi connectivity index (χ0) is 23.6. The Hall–Kier alpha value is -4.78. The van der Waals surface area contributed by atoms with Gasteiger partial charge in [0.25, 0.3) is 0 Å². The summed E-state index contributed by atoms with van der Waals surface area (Å²) in [4.78, 5) is 34.9. The first kappa shape index (κ1) is 19.9. The van der Waals surface area contributed by atoms with Crippen molar-refractivity contribution in [2.75, 3.05) is 11.9 Å². The fourth-order valence-corrected chi connectivity index (χ4v) is 4.70.